The third-order valence-electron chi connectivity index (χ3n) is 4.19. The Labute approximate surface area is 131 Å². The minimum atomic E-state index is -0.851. The molecule has 0 unspecified atom stereocenters. The molecule has 1 aromatic rings. The van der Waals surface area contributed by atoms with Gasteiger partial charge in [0.2, 0.25) is 0 Å². The number of aryl methyl sites for hydroxylation is 2. The van der Waals surface area contributed by atoms with Crippen molar-refractivity contribution in [1.82, 2.24) is 10.2 Å². The number of hydrogen-bond acceptors (Lipinski definition) is 4. The molecule has 0 aromatic carbocycles. The summed E-state index contributed by atoms with van der Waals surface area (Å²) in [6.45, 7) is 7.08. The average Bonchev–Trinajstić information content (AvgIpc) is 2.78. The molecule has 22 heavy (non-hydrogen) atoms. The Morgan fingerprint density at radius 3 is 2.64 bits per heavy atom. The molecule has 1 aliphatic heterocycles. The molecule has 124 valence electrons. The number of carbonyl (C=O) groups excluding carboxylic acids is 1. The van der Waals surface area contributed by atoms with Gasteiger partial charge >= 0.3 is 6.03 Å². The maximum atomic E-state index is 12.3. The molecule has 6 nitrogen and oxygen atoms in total. The smallest absolute Gasteiger partial charge is 0.317 e. The van der Waals surface area contributed by atoms with Gasteiger partial charge in [-0.05, 0) is 26.8 Å². The molecule has 1 fully saturated rings. The highest BCUT2D eigenvalue weighted by Gasteiger charge is 2.32. The molecule has 1 aromatic heterocycles. The lowest BCUT2D eigenvalue weighted by molar-refractivity contribution is -0.0723. The topological polar surface area (TPSA) is 74.9 Å². The fraction of sp³-hybridized carbons (Fsp3) is 0.688. The van der Waals surface area contributed by atoms with Gasteiger partial charge in [-0.1, -0.05) is 0 Å². The van der Waals surface area contributed by atoms with E-state index < -0.39 is 5.60 Å². The van der Waals surface area contributed by atoms with E-state index in [9.17, 15) is 9.90 Å². The van der Waals surface area contributed by atoms with E-state index >= 15 is 0 Å². The Balaban J connectivity index is 1.92. The van der Waals surface area contributed by atoms with Gasteiger partial charge in [-0.25, -0.2) is 4.79 Å². The Kier molecular flexibility index (Phi) is 5.13. The van der Waals surface area contributed by atoms with Crippen molar-refractivity contribution in [2.24, 2.45) is 0 Å². The predicted octanol–water partition coefficient (Wildman–Crippen LogP) is 2.14. The largest absolute Gasteiger partial charge is 0.466 e. The first-order valence-electron chi connectivity index (χ1n) is 7.69. The minimum Gasteiger partial charge on any atom is -0.466 e. The van der Waals surface area contributed by atoms with Crippen molar-refractivity contribution in [3.63, 3.8) is 0 Å². The van der Waals surface area contributed by atoms with Crippen LogP contribution in [0.15, 0.2) is 10.5 Å². The quantitative estimate of drug-likeness (QED) is 0.893. The molecular weight excluding hydrogens is 284 g/mol. The van der Waals surface area contributed by atoms with E-state index in [1.165, 1.54) is 4.90 Å². The molecule has 6 heteroatoms. The van der Waals surface area contributed by atoms with E-state index in [-0.39, 0.29) is 12.1 Å². The first kappa shape index (κ1) is 16.8. The highest BCUT2D eigenvalue weighted by molar-refractivity contribution is 5.74. The van der Waals surface area contributed by atoms with Gasteiger partial charge in [-0.2, -0.15) is 0 Å². The van der Waals surface area contributed by atoms with Crippen LogP contribution >= 0.6 is 0 Å². The zero-order chi connectivity index (χ0) is 16.3. The fourth-order valence-corrected chi connectivity index (χ4v) is 2.88. The SMILES string of the molecule is Cc1cc([C@H](C)NC(=O)N(C)CC2(O)CCOCC2)c(C)o1. The number of furan rings is 1. The summed E-state index contributed by atoms with van der Waals surface area (Å²) in [5.41, 5.74) is 0.124. The number of nitrogens with one attached hydrogen (secondary N) is 1. The van der Waals surface area contributed by atoms with E-state index in [4.69, 9.17) is 9.15 Å². The van der Waals surface area contributed by atoms with Crippen LogP contribution in [0.4, 0.5) is 4.79 Å². The number of rotatable bonds is 4. The minimum absolute atomic E-state index is 0.142. The van der Waals surface area contributed by atoms with Gasteiger partial charge in [-0.3, -0.25) is 0 Å². The molecule has 2 rings (SSSR count). The highest BCUT2D eigenvalue weighted by Crippen LogP contribution is 2.23. The summed E-state index contributed by atoms with van der Waals surface area (Å²) in [6, 6.07) is 1.59. The molecule has 1 saturated heterocycles. The molecule has 0 radical (unpaired) electrons. The number of aliphatic hydroxyl groups is 1. The van der Waals surface area contributed by atoms with E-state index in [1.807, 2.05) is 26.8 Å². The summed E-state index contributed by atoms with van der Waals surface area (Å²) in [6.07, 6.45) is 1.11. The Hall–Kier alpha value is -1.53. The van der Waals surface area contributed by atoms with Crippen molar-refractivity contribution in [1.29, 1.82) is 0 Å². The summed E-state index contributed by atoms with van der Waals surface area (Å²) >= 11 is 0. The number of ether oxygens (including phenoxy) is 1. The van der Waals surface area contributed by atoms with E-state index in [1.54, 1.807) is 7.05 Å². The number of hydrogen-bond donors (Lipinski definition) is 2. The van der Waals surface area contributed by atoms with Crippen LogP contribution in [0.25, 0.3) is 0 Å². The molecule has 0 saturated carbocycles. The molecular formula is C16H26N2O4. The van der Waals surface area contributed by atoms with Gasteiger partial charge in [0.05, 0.1) is 18.2 Å². The van der Waals surface area contributed by atoms with Crippen molar-refractivity contribution in [3.05, 3.63) is 23.2 Å². The zero-order valence-corrected chi connectivity index (χ0v) is 13.8. The maximum Gasteiger partial charge on any atom is 0.317 e. The molecule has 1 atom stereocenters. The molecule has 0 spiro atoms. The third kappa shape index (κ3) is 4.01. The van der Waals surface area contributed by atoms with Crippen molar-refractivity contribution < 1.29 is 19.1 Å². The number of nitrogens with zero attached hydrogens (tertiary/aromatic N) is 1. The van der Waals surface area contributed by atoms with Crippen LogP contribution in [0.5, 0.6) is 0 Å². The Morgan fingerprint density at radius 1 is 1.45 bits per heavy atom. The average molecular weight is 310 g/mol. The van der Waals surface area contributed by atoms with Crippen LogP contribution < -0.4 is 5.32 Å². The Bertz CT molecular complexity index is 520. The lowest BCUT2D eigenvalue weighted by Crippen LogP contribution is -2.50. The second-order valence-corrected chi connectivity index (χ2v) is 6.23. The third-order valence-corrected chi connectivity index (χ3v) is 4.19. The number of urea groups is 1. The summed E-state index contributed by atoms with van der Waals surface area (Å²) in [7, 11) is 1.70. The molecule has 0 bridgehead atoms. The maximum absolute atomic E-state index is 12.3. The monoisotopic (exact) mass is 310 g/mol. The van der Waals surface area contributed by atoms with Crippen LogP contribution in [-0.2, 0) is 4.74 Å². The summed E-state index contributed by atoms with van der Waals surface area (Å²) in [5.74, 6) is 1.65. The Morgan fingerprint density at radius 2 is 2.09 bits per heavy atom. The standard InChI is InChI=1S/C16H26N2O4/c1-11-9-14(13(3)22-11)12(2)17-15(19)18(4)10-16(20)5-7-21-8-6-16/h9,12,20H,5-8,10H2,1-4H3,(H,17,19)/t12-/m0/s1. The van der Waals surface area contributed by atoms with Crippen molar-refractivity contribution in [3.8, 4) is 0 Å². The van der Waals surface area contributed by atoms with E-state index in [0.717, 1.165) is 17.1 Å². The van der Waals surface area contributed by atoms with Gasteiger partial charge in [0.25, 0.3) is 0 Å². The summed E-state index contributed by atoms with van der Waals surface area (Å²) < 4.78 is 10.8. The number of likely N-dealkylation sites (N-methyl/N-ethyl adjacent to an activating group) is 1. The molecule has 1 aliphatic rings. The van der Waals surface area contributed by atoms with Gasteiger partial charge in [0, 0.05) is 38.7 Å². The van der Waals surface area contributed by atoms with Crippen molar-refractivity contribution in [2.75, 3.05) is 26.8 Å². The van der Waals surface area contributed by atoms with Gasteiger partial charge < -0.3 is 24.5 Å². The summed E-state index contributed by atoms with van der Waals surface area (Å²) in [4.78, 5) is 13.8. The lowest BCUT2D eigenvalue weighted by Gasteiger charge is -2.35. The van der Waals surface area contributed by atoms with Crippen LogP contribution in [0.1, 0.15) is 42.9 Å². The molecule has 2 heterocycles. The normalized spacial score (nSPS) is 18.8. The van der Waals surface area contributed by atoms with Crippen LogP contribution in [0, 0.1) is 13.8 Å². The van der Waals surface area contributed by atoms with Gasteiger partial charge in [0.1, 0.15) is 11.5 Å². The molecule has 0 aliphatic carbocycles. The fourth-order valence-electron chi connectivity index (χ4n) is 2.88. The van der Waals surface area contributed by atoms with Crippen LogP contribution in [-0.4, -0.2) is 48.4 Å². The second-order valence-electron chi connectivity index (χ2n) is 6.23. The summed E-state index contributed by atoms with van der Waals surface area (Å²) in [5, 5.41) is 13.4. The van der Waals surface area contributed by atoms with Crippen molar-refractivity contribution in [2.45, 2.75) is 45.3 Å². The first-order valence-corrected chi connectivity index (χ1v) is 7.69. The second kappa shape index (κ2) is 6.71. The number of carbonyl (C=O) groups is 1. The lowest BCUT2D eigenvalue weighted by atomic mass is 9.94. The van der Waals surface area contributed by atoms with E-state index in [0.29, 0.717) is 32.6 Å². The van der Waals surface area contributed by atoms with Crippen LogP contribution in [0.3, 0.4) is 0 Å². The van der Waals surface area contributed by atoms with Crippen molar-refractivity contribution >= 4 is 6.03 Å². The molecule has 2 N–H and O–H groups in total. The predicted molar refractivity (Wildman–Crippen MR) is 82.8 cm³/mol. The number of amides is 2. The molecule has 2 amide bonds. The zero-order valence-electron chi connectivity index (χ0n) is 13.8. The van der Waals surface area contributed by atoms with Gasteiger partial charge in [-0.15, -0.1) is 0 Å². The van der Waals surface area contributed by atoms with Crippen LogP contribution in [0.2, 0.25) is 0 Å². The highest BCUT2D eigenvalue weighted by atomic mass is 16.5. The van der Waals surface area contributed by atoms with Gasteiger partial charge in [0.15, 0.2) is 0 Å². The first-order chi connectivity index (χ1) is 10.3. The van der Waals surface area contributed by atoms with E-state index in [2.05, 4.69) is 5.32 Å².